The van der Waals surface area contributed by atoms with E-state index in [9.17, 15) is 14.8 Å². The number of rotatable bonds is 14. The maximum atomic E-state index is 12.8. The van der Waals surface area contributed by atoms with Gasteiger partial charge in [-0.25, -0.2) is 0 Å². The third-order valence-electron chi connectivity index (χ3n) is 6.89. The van der Waals surface area contributed by atoms with E-state index in [1.807, 2.05) is 18.2 Å². The number of ether oxygens (including phenoxy) is 2. The van der Waals surface area contributed by atoms with Crippen LogP contribution in [0.5, 0.6) is 11.5 Å². The Labute approximate surface area is 252 Å². The first-order chi connectivity index (χ1) is 20.1. The first-order valence-electron chi connectivity index (χ1n) is 13.7. The summed E-state index contributed by atoms with van der Waals surface area (Å²) in [6.07, 6.45) is 7.62. The third-order valence-corrected chi connectivity index (χ3v) is 10.3. The second-order valence-electron chi connectivity index (χ2n) is 10.3. The average molecular weight is 637 g/mol. The van der Waals surface area contributed by atoms with Crippen LogP contribution in [0.25, 0.3) is 11.0 Å². The van der Waals surface area contributed by atoms with Gasteiger partial charge in [-0.1, -0.05) is 0 Å². The van der Waals surface area contributed by atoms with Crippen molar-refractivity contribution in [1.82, 2.24) is 30.0 Å². The summed E-state index contributed by atoms with van der Waals surface area (Å²) in [5.41, 5.74) is 2.78. The Hall–Kier alpha value is -3.67. The fourth-order valence-electron chi connectivity index (χ4n) is 4.48. The maximum absolute atomic E-state index is 12.8. The van der Waals surface area contributed by atoms with E-state index in [1.165, 1.54) is 6.20 Å². The molecule has 4 N–H and O–H groups in total. The molecule has 0 aliphatic carbocycles. The Kier molecular flexibility index (Phi) is 10.4. The van der Waals surface area contributed by atoms with E-state index in [-0.39, 0.29) is 15.6 Å². The van der Waals surface area contributed by atoms with E-state index in [1.54, 1.807) is 44.4 Å². The predicted octanol–water partition coefficient (Wildman–Crippen LogP) is 0.928. The Bertz CT molecular complexity index is 1540. The summed E-state index contributed by atoms with van der Waals surface area (Å²) in [7, 11) is 3.31. The molecule has 14 heteroatoms. The summed E-state index contributed by atoms with van der Waals surface area (Å²) < 4.78 is 13.0. The van der Waals surface area contributed by atoms with Gasteiger partial charge in [-0.15, -0.1) is 0 Å². The molecular formula is C28H37AsBN7O5. The van der Waals surface area contributed by atoms with Gasteiger partial charge in [0.2, 0.25) is 0 Å². The number of hydrogen-bond acceptors (Lipinski definition) is 10. The molecule has 0 fully saturated rings. The molecule has 0 saturated carbocycles. The van der Waals surface area contributed by atoms with Crippen LogP contribution in [0.4, 0.5) is 5.95 Å². The van der Waals surface area contributed by atoms with Crippen molar-refractivity contribution in [2.24, 2.45) is 7.05 Å². The summed E-state index contributed by atoms with van der Waals surface area (Å²) in [4.78, 5) is 27.0. The van der Waals surface area contributed by atoms with Crippen LogP contribution < -0.4 is 30.1 Å². The zero-order valence-corrected chi connectivity index (χ0v) is 26.6. The molecule has 2 atom stereocenters. The van der Waals surface area contributed by atoms with E-state index in [2.05, 4.69) is 39.5 Å². The van der Waals surface area contributed by atoms with Gasteiger partial charge in [0.1, 0.15) is 0 Å². The number of hydrogen-bond donors (Lipinski definition) is 4. The van der Waals surface area contributed by atoms with Crippen LogP contribution in [0.15, 0.2) is 42.9 Å². The normalized spacial score (nSPS) is 12.8. The van der Waals surface area contributed by atoms with Gasteiger partial charge in [-0.2, -0.15) is 0 Å². The standard InChI is InChI=1S/C28H37AsBN7O5/c1-6-7-10-28(2,17-33-26(38)19-14-34-37(3)16-19)29-25-24-22(11-20(15-31-24)30(39)40)35-27(36-25)32-13-18-8-9-21(41-4)12-23(18)42-5/h8-9,11-12,14-16,29,39-40H,6-7,10,13,17H2,1-5H3,(H,33,38)(H,32,35,36)/t28-/m1/s1. The van der Waals surface area contributed by atoms with Crippen molar-refractivity contribution >= 4 is 55.7 Å². The number of anilines is 1. The molecule has 42 heavy (non-hydrogen) atoms. The Balaban J connectivity index is 1.65. The predicted molar refractivity (Wildman–Crippen MR) is 164 cm³/mol. The summed E-state index contributed by atoms with van der Waals surface area (Å²) in [5.74, 6) is 1.58. The first-order valence-corrected chi connectivity index (χ1v) is 15.8. The first kappa shape index (κ1) is 31.3. The van der Waals surface area contributed by atoms with Gasteiger partial charge in [0.25, 0.3) is 0 Å². The van der Waals surface area contributed by atoms with Crippen LogP contribution >= 0.6 is 0 Å². The molecule has 3 heterocycles. The molecule has 0 aliphatic rings. The number of carbonyl (C=O) groups is 1. The molecule has 0 spiro atoms. The minimum atomic E-state index is -1.67. The van der Waals surface area contributed by atoms with E-state index < -0.39 is 22.9 Å². The van der Waals surface area contributed by atoms with Crippen molar-refractivity contribution in [1.29, 1.82) is 0 Å². The summed E-state index contributed by atoms with van der Waals surface area (Å²) in [5, 5.41) is 30.1. The zero-order chi connectivity index (χ0) is 30.3. The number of aromatic nitrogens is 5. The number of methoxy groups -OCH3 is 2. The molecule has 0 bridgehead atoms. The second kappa shape index (κ2) is 14.0. The SMILES string of the molecule is CCCC[C@](C)(CNC(=O)c1cnn(C)c1)[AsH]c1nc(NCc2ccc(OC)cc2OC)nc2cc(B(O)O)cnc12. The van der Waals surface area contributed by atoms with Gasteiger partial charge >= 0.3 is 253 Å². The fraction of sp³-hybridized carbons (Fsp3) is 0.393. The minimum absolute atomic E-state index is 0.166. The summed E-state index contributed by atoms with van der Waals surface area (Å²) in [6, 6.07) is 7.20. The van der Waals surface area contributed by atoms with E-state index in [0.717, 1.165) is 29.3 Å². The molecule has 0 saturated heterocycles. The molecule has 3 aromatic heterocycles. The van der Waals surface area contributed by atoms with Gasteiger partial charge in [-0.3, -0.25) is 0 Å². The summed E-state index contributed by atoms with van der Waals surface area (Å²) in [6.45, 7) is 5.20. The van der Waals surface area contributed by atoms with Gasteiger partial charge in [0.15, 0.2) is 0 Å². The molecule has 1 aromatic carbocycles. The molecule has 1 amide bonds. The molecule has 4 rings (SSSR count). The molecule has 12 nitrogen and oxygen atoms in total. The van der Waals surface area contributed by atoms with Gasteiger partial charge in [0, 0.05) is 0 Å². The fourth-order valence-corrected chi connectivity index (χ4v) is 7.67. The Morgan fingerprint density at radius 2 is 1.98 bits per heavy atom. The zero-order valence-electron chi connectivity index (χ0n) is 24.5. The number of nitrogens with zero attached hydrogens (tertiary/aromatic N) is 5. The van der Waals surface area contributed by atoms with Crippen LogP contribution in [-0.4, -0.2) is 84.3 Å². The number of benzene rings is 1. The number of aryl methyl sites for hydroxylation is 1. The van der Waals surface area contributed by atoms with Crippen molar-refractivity contribution in [3.05, 3.63) is 54.0 Å². The molecule has 0 aliphatic heterocycles. The van der Waals surface area contributed by atoms with Crippen molar-refractivity contribution in [3.63, 3.8) is 0 Å². The van der Waals surface area contributed by atoms with Crippen molar-refractivity contribution in [2.75, 3.05) is 26.1 Å². The number of nitrogens with one attached hydrogen (secondary N) is 2. The number of amides is 1. The molecular weight excluding hydrogens is 600 g/mol. The van der Waals surface area contributed by atoms with E-state index >= 15 is 0 Å². The van der Waals surface area contributed by atoms with E-state index in [4.69, 9.17) is 14.5 Å². The Morgan fingerprint density at radius 3 is 2.64 bits per heavy atom. The molecule has 0 radical (unpaired) electrons. The van der Waals surface area contributed by atoms with Crippen LogP contribution in [0, 0.1) is 0 Å². The van der Waals surface area contributed by atoms with Gasteiger partial charge in [-0.05, 0) is 0 Å². The van der Waals surface area contributed by atoms with Crippen molar-refractivity contribution in [3.8, 4) is 11.5 Å². The van der Waals surface area contributed by atoms with Crippen molar-refractivity contribution < 1.29 is 24.3 Å². The average Bonchev–Trinajstić information content (AvgIpc) is 3.43. The van der Waals surface area contributed by atoms with Gasteiger partial charge in [0.05, 0.1) is 0 Å². The quantitative estimate of drug-likeness (QED) is 0.147. The Morgan fingerprint density at radius 1 is 1.17 bits per heavy atom. The van der Waals surface area contributed by atoms with Crippen molar-refractivity contribution in [2.45, 2.75) is 43.9 Å². The number of carbonyl (C=O) groups excluding carboxylic acids is 1. The number of fused-ring (bicyclic) bond motifs is 1. The topological polar surface area (TPSA) is 157 Å². The van der Waals surface area contributed by atoms with Crippen LogP contribution in [-0.2, 0) is 13.6 Å². The monoisotopic (exact) mass is 637 g/mol. The van der Waals surface area contributed by atoms with Crippen LogP contribution in [0.1, 0.15) is 49.0 Å². The number of unbranched alkanes of at least 4 members (excludes halogenated alkanes) is 1. The van der Waals surface area contributed by atoms with Gasteiger partial charge < -0.3 is 0 Å². The number of pyridine rings is 1. The van der Waals surface area contributed by atoms with Crippen LogP contribution in [0.3, 0.4) is 0 Å². The summed E-state index contributed by atoms with van der Waals surface area (Å²) >= 11 is -0.996. The molecule has 4 aromatic rings. The van der Waals surface area contributed by atoms with E-state index in [0.29, 0.717) is 47.1 Å². The second-order valence-corrected chi connectivity index (χ2v) is 14.4. The molecule has 222 valence electrons. The molecule has 1 unspecified atom stereocenters. The van der Waals surface area contributed by atoms with Crippen LogP contribution in [0.2, 0.25) is 4.20 Å². The third kappa shape index (κ3) is 7.78.